The van der Waals surface area contributed by atoms with Crippen molar-refractivity contribution in [1.29, 1.82) is 5.26 Å². The Kier molecular flexibility index (Phi) is 4.73. The molecule has 1 aliphatic carbocycles. The van der Waals surface area contributed by atoms with Gasteiger partial charge in [-0.2, -0.15) is 5.26 Å². The predicted octanol–water partition coefficient (Wildman–Crippen LogP) is 3.04. The summed E-state index contributed by atoms with van der Waals surface area (Å²) in [6.07, 6.45) is 7.88. The zero-order valence-corrected chi connectivity index (χ0v) is 11.5. The van der Waals surface area contributed by atoms with Crippen LogP contribution in [0.4, 0.5) is 0 Å². The first-order valence-corrected chi connectivity index (χ1v) is 6.80. The van der Waals surface area contributed by atoms with Gasteiger partial charge in [0.15, 0.2) is 0 Å². The van der Waals surface area contributed by atoms with Gasteiger partial charge in [0.25, 0.3) is 0 Å². The van der Waals surface area contributed by atoms with Gasteiger partial charge in [0.2, 0.25) is 5.91 Å². The Balaban J connectivity index is 2.10. The third-order valence-electron chi connectivity index (χ3n) is 3.48. The highest BCUT2D eigenvalue weighted by Crippen LogP contribution is 2.19. The van der Waals surface area contributed by atoms with Crippen LogP contribution >= 0.6 is 0 Å². The van der Waals surface area contributed by atoms with Crippen LogP contribution in [0.1, 0.15) is 24.0 Å². The second-order valence-corrected chi connectivity index (χ2v) is 5.00. The van der Waals surface area contributed by atoms with Crippen molar-refractivity contribution in [3.63, 3.8) is 0 Å². The van der Waals surface area contributed by atoms with Gasteiger partial charge in [0, 0.05) is 13.1 Å². The van der Waals surface area contributed by atoms with E-state index in [0.717, 1.165) is 18.4 Å². The van der Waals surface area contributed by atoms with Crippen molar-refractivity contribution in [2.75, 3.05) is 6.54 Å². The minimum absolute atomic E-state index is 0.0624. The topological polar surface area (TPSA) is 44.1 Å². The van der Waals surface area contributed by atoms with E-state index in [1.807, 2.05) is 18.2 Å². The maximum Gasteiger partial charge on any atom is 0.246 e. The van der Waals surface area contributed by atoms with E-state index in [1.54, 1.807) is 11.0 Å². The molecule has 0 bridgehead atoms. The first-order valence-electron chi connectivity index (χ1n) is 6.80. The summed E-state index contributed by atoms with van der Waals surface area (Å²) < 4.78 is 0. The third kappa shape index (κ3) is 3.58. The van der Waals surface area contributed by atoms with Gasteiger partial charge in [-0.25, -0.2) is 0 Å². The van der Waals surface area contributed by atoms with Crippen LogP contribution in [0.3, 0.4) is 0 Å². The molecule has 1 amide bonds. The van der Waals surface area contributed by atoms with Crippen LogP contribution in [-0.2, 0) is 11.3 Å². The minimum atomic E-state index is -0.0624. The van der Waals surface area contributed by atoms with Crippen LogP contribution in [0.15, 0.2) is 49.1 Å². The second kappa shape index (κ2) is 6.72. The first kappa shape index (κ1) is 14.1. The van der Waals surface area contributed by atoms with Gasteiger partial charge in [-0.1, -0.05) is 30.9 Å². The van der Waals surface area contributed by atoms with Gasteiger partial charge in [-0.05, 0) is 42.5 Å². The third-order valence-corrected chi connectivity index (χ3v) is 3.48. The van der Waals surface area contributed by atoms with Crippen LogP contribution < -0.4 is 0 Å². The Morgan fingerprint density at radius 2 is 2.40 bits per heavy atom. The maximum atomic E-state index is 12.0. The quantitative estimate of drug-likeness (QED) is 0.607. The van der Waals surface area contributed by atoms with Gasteiger partial charge in [0.05, 0.1) is 11.6 Å². The fourth-order valence-electron chi connectivity index (χ4n) is 2.45. The van der Waals surface area contributed by atoms with Crippen LogP contribution in [0.2, 0.25) is 0 Å². The highest BCUT2D eigenvalue weighted by molar-refractivity contribution is 5.87. The van der Waals surface area contributed by atoms with E-state index < -0.39 is 0 Å². The molecule has 102 valence electrons. The first-order chi connectivity index (χ1) is 9.72. The summed E-state index contributed by atoms with van der Waals surface area (Å²) in [5.41, 5.74) is 1.59. The highest BCUT2D eigenvalue weighted by atomic mass is 16.2. The lowest BCUT2D eigenvalue weighted by Gasteiger charge is -2.24. The Labute approximate surface area is 119 Å². The summed E-state index contributed by atoms with van der Waals surface area (Å²) in [7, 11) is 0. The standard InChI is InChI=1S/C17H18N2O/c1-2-17(20)19(12-14-6-3-4-7-14)13-16-9-5-8-15(10-16)11-18/h2-3,5-6,8-10,14H,1,4,7,12-13H2. The Bertz CT molecular complexity index is 569. The van der Waals surface area contributed by atoms with E-state index in [-0.39, 0.29) is 5.91 Å². The Morgan fingerprint density at radius 3 is 3.05 bits per heavy atom. The molecule has 0 spiro atoms. The monoisotopic (exact) mass is 266 g/mol. The van der Waals surface area contributed by atoms with Gasteiger partial charge in [-0.15, -0.1) is 0 Å². The molecule has 0 fully saturated rings. The summed E-state index contributed by atoms with van der Waals surface area (Å²) in [4.78, 5) is 13.8. The van der Waals surface area contributed by atoms with E-state index in [0.29, 0.717) is 24.6 Å². The van der Waals surface area contributed by atoms with Crippen molar-refractivity contribution >= 4 is 5.91 Å². The molecule has 1 aromatic rings. The molecular formula is C17H18N2O. The van der Waals surface area contributed by atoms with E-state index >= 15 is 0 Å². The summed E-state index contributed by atoms with van der Waals surface area (Å²) in [5.74, 6) is 0.366. The fraction of sp³-hybridized carbons (Fsp3) is 0.294. The number of nitriles is 1. The molecule has 0 saturated carbocycles. The summed E-state index contributed by atoms with van der Waals surface area (Å²) in [6.45, 7) is 4.79. The van der Waals surface area contributed by atoms with E-state index in [4.69, 9.17) is 5.26 Å². The smallest absolute Gasteiger partial charge is 0.246 e. The molecule has 0 heterocycles. The van der Waals surface area contributed by atoms with Crippen molar-refractivity contribution < 1.29 is 4.79 Å². The molecule has 2 rings (SSSR count). The molecule has 0 aliphatic heterocycles. The number of benzene rings is 1. The number of amides is 1. The lowest BCUT2D eigenvalue weighted by molar-refractivity contribution is -0.127. The Morgan fingerprint density at radius 1 is 1.55 bits per heavy atom. The molecule has 0 radical (unpaired) electrons. The summed E-state index contributed by atoms with van der Waals surface area (Å²) >= 11 is 0. The number of hydrogen-bond donors (Lipinski definition) is 0. The fourth-order valence-corrected chi connectivity index (χ4v) is 2.45. The average Bonchev–Trinajstić information content (AvgIpc) is 2.99. The van der Waals surface area contributed by atoms with Crippen LogP contribution in [0.5, 0.6) is 0 Å². The number of hydrogen-bond acceptors (Lipinski definition) is 2. The SMILES string of the molecule is C=CC(=O)N(Cc1cccc(C#N)c1)CC1C=CCC1. The molecule has 0 N–H and O–H groups in total. The zero-order chi connectivity index (χ0) is 14.4. The molecule has 0 saturated heterocycles. The van der Waals surface area contributed by atoms with Crippen LogP contribution in [-0.4, -0.2) is 17.4 Å². The zero-order valence-electron chi connectivity index (χ0n) is 11.5. The number of carbonyl (C=O) groups is 1. The second-order valence-electron chi connectivity index (χ2n) is 5.00. The van der Waals surface area contributed by atoms with Crippen molar-refractivity contribution in [3.8, 4) is 6.07 Å². The average molecular weight is 266 g/mol. The Hall–Kier alpha value is -2.34. The lowest BCUT2D eigenvalue weighted by Crippen LogP contribution is -2.32. The number of nitrogens with zero attached hydrogens (tertiary/aromatic N) is 2. The molecule has 3 nitrogen and oxygen atoms in total. The van der Waals surface area contributed by atoms with Gasteiger partial charge >= 0.3 is 0 Å². The summed E-state index contributed by atoms with van der Waals surface area (Å²) in [6, 6.07) is 9.50. The van der Waals surface area contributed by atoms with Crippen molar-refractivity contribution in [2.45, 2.75) is 19.4 Å². The molecule has 20 heavy (non-hydrogen) atoms. The number of allylic oxidation sites excluding steroid dienone is 1. The van der Waals surface area contributed by atoms with Gasteiger partial charge in [0.1, 0.15) is 0 Å². The van der Waals surface area contributed by atoms with Crippen molar-refractivity contribution in [3.05, 3.63) is 60.2 Å². The van der Waals surface area contributed by atoms with Gasteiger partial charge in [-0.3, -0.25) is 4.79 Å². The normalized spacial score (nSPS) is 16.6. The van der Waals surface area contributed by atoms with Crippen molar-refractivity contribution in [2.24, 2.45) is 5.92 Å². The van der Waals surface area contributed by atoms with Crippen LogP contribution in [0, 0.1) is 17.2 Å². The molecule has 1 atom stereocenters. The lowest BCUT2D eigenvalue weighted by atomic mass is 10.1. The number of carbonyl (C=O) groups excluding carboxylic acids is 1. The minimum Gasteiger partial charge on any atom is -0.334 e. The molecule has 1 aromatic carbocycles. The van der Waals surface area contributed by atoms with Gasteiger partial charge < -0.3 is 4.90 Å². The molecule has 3 heteroatoms. The maximum absolute atomic E-state index is 12.0. The molecule has 1 unspecified atom stereocenters. The van der Waals surface area contributed by atoms with Crippen molar-refractivity contribution in [1.82, 2.24) is 4.90 Å². The highest BCUT2D eigenvalue weighted by Gasteiger charge is 2.17. The summed E-state index contributed by atoms with van der Waals surface area (Å²) in [5, 5.41) is 8.93. The van der Waals surface area contributed by atoms with E-state index in [9.17, 15) is 4.79 Å². The molecule has 0 aromatic heterocycles. The number of rotatable bonds is 5. The molecular weight excluding hydrogens is 248 g/mol. The van der Waals surface area contributed by atoms with E-state index in [1.165, 1.54) is 6.08 Å². The largest absolute Gasteiger partial charge is 0.334 e. The predicted molar refractivity (Wildman–Crippen MR) is 78.6 cm³/mol. The van der Waals surface area contributed by atoms with E-state index in [2.05, 4.69) is 24.8 Å². The van der Waals surface area contributed by atoms with Crippen LogP contribution in [0.25, 0.3) is 0 Å². The molecule has 1 aliphatic rings.